The predicted octanol–water partition coefficient (Wildman–Crippen LogP) is 0.834. The first kappa shape index (κ1) is 10.4. The van der Waals surface area contributed by atoms with E-state index in [1.807, 2.05) is 6.08 Å². The summed E-state index contributed by atoms with van der Waals surface area (Å²) in [7, 11) is 0. The SMILES string of the molecule is O=C(O)C1=CN=C2C=CC(I)=CN2C1O. The van der Waals surface area contributed by atoms with E-state index in [1.54, 1.807) is 12.3 Å². The lowest BCUT2D eigenvalue weighted by atomic mass is 10.2. The molecule has 2 heterocycles. The van der Waals surface area contributed by atoms with Gasteiger partial charge in [-0.25, -0.2) is 9.79 Å². The number of aliphatic carboxylic acids is 1. The number of amidine groups is 1. The van der Waals surface area contributed by atoms with Gasteiger partial charge in [0.1, 0.15) is 11.4 Å². The van der Waals surface area contributed by atoms with Crippen molar-refractivity contribution in [2.45, 2.75) is 6.23 Å². The van der Waals surface area contributed by atoms with E-state index in [1.165, 1.54) is 11.1 Å². The van der Waals surface area contributed by atoms with Gasteiger partial charge in [-0.15, -0.1) is 0 Å². The Balaban J connectivity index is 2.40. The second kappa shape index (κ2) is 3.78. The zero-order chi connectivity index (χ0) is 11.0. The van der Waals surface area contributed by atoms with Crippen molar-refractivity contribution in [1.29, 1.82) is 0 Å². The van der Waals surface area contributed by atoms with Gasteiger partial charge in [0, 0.05) is 16.0 Å². The minimum Gasteiger partial charge on any atom is -0.478 e. The van der Waals surface area contributed by atoms with E-state index in [4.69, 9.17) is 5.11 Å². The van der Waals surface area contributed by atoms with Crippen LogP contribution in [0, 0.1) is 0 Å². The highest BCUT2D eigenvalue weighted by Gasteiger charge is 2.29. The quantitative estimate of drug-likeness (QED) is 0.703. The number of aliphatic imine (C=N–C) groups is 1. The number of carbonyl (C=O) groups is 1. The second-order valence-electron chi connectivity index (χ2n) is 3.01. The number of carboxylic acid groups (broad SMARTS) is 1. The molecule has 0 fully saturated rings. The summed E-state index contributed by atoms with van der Waals surface area (Å²) < 4.78 is 0.900. The molecule has 5 nitrogen and oxygen atoms in total. The first-order valence-electron chi connectivity index (χ1n) is 4.12. The van der Waals surface area contributed by atoms with Gasteiger partial charge in [0.05, 0.1) is 0 Å². The summed E-state index contributed by atoms with van der Waals surface area (Å²) in [4.78, 5) is 16.1. The van der Waals surface area contributed by atoms with Crippen molar-refractivity contribution in [3.05, 3.63) is 33.7 Å². The third-order valence-electron chi connectivity index (χ3n) is 2.04. The number of hydrogen-bond acceptors (Lipinski definition) is 4. The first-order valence-corrected chi connectivity index (χ1v) is 5.20. The number of hydrogen-bond donors (Lipinski definition) is 2. The maximum absolute atomic E-state index is 10.8. The summed E-state index contributed by atoms with van der Waals surface area (Å²) in [5.74, 6) is -0.629. The molecule has 0 aromatic rings. The highest BCUT2D eigenvalue weighted by atomic mass is 127. The lowest BCUT2D eigenvalue weighted by Gasteiger charge is -2.30. The molecule has 2 aliphatic heterocycles. The van der Waals surface area contributed by atoms with Crippen LogP contribution in [0.1, 0.15) is 0 Å². The van der Waals surface area contributed by atoms with Crippen LogP contribution in [0.5, 0.6) is 0 Å². The van der Waals surface area contributed by atoms with Gasteiger partial charge in [0.15, 0.2) is 6.23 Å². The Morgan fingerprint density at radius 1 is 1.53 bits per heavy atom. The Kier molecular flexibility index (Phi) is 2.61. The molecule has 15 heavy (non-hydrogen) atoms. The fourth-order valence-corrected chi connectivity index (χ4v) is 1.79. The van der Waals surface area contributed by atoms with Gasteiger partial charge < -0.3 is 15.1 Å². The van der Waals surface area contributed by atoms with Crippen LogP contribution in [0.15, 0.2) is 38.7 Å². The third-order valence-corrected chi connectivity index (χ3v) is 2.68. The summed E-state index contributed by atoms with van der Waals surface area (Å²) in [5, 5.41) is 18.6. The molecule has 0 spiro atoms. The van der Waals surface area contributed by atoms with Crippen LogP contribution >= 0.6 is 22.6 Å². The molecular formula is C9H7IN2O3. The molecule has 0 amide bonds. The molecule has 2 rings (SSSR count). The Hall–Kier alpha value is -1.15. The number of fused-ring (bicyclic) bond motifs is 1. The Labute approximate surface area is 99.2 Å². The van der Waals surface area contributed by atoms with Crippen molar-refractivity contribution in [2.24, 2.45) is 4.99 Å². The normalized spacial score (nSPS) is 24.0. The van der Waals surface area contributed by atoms with E-state index >= 15 is 0 Å². The lowest BCUT2D eigenvalue weighted by Crippen LogP contribution is -2.41. The highest BCUT2D eigenvalue weighted by molar-refractivity contribution is 14.1. The van der Waals surface area contributed by atoms with Gasteiger partial charge >= 0.3 is 5.97 Å². The van der Waals surface area contributed by atoms with E-state index in [0.29, 0.717) is 5.84 Å². The van der Waals surface area contributed by atoms with Crippen LogP contribution in [0.2, 0.25) is 0 Å². The number of carboxylic acids is 1. The van der Waals surface area contributed by atoms with Crippen LogP contribution in [0.3, 0.4) is 0 Å². The maximum atomic E-state index is 10.8. The van der Waals surface area contributed by atoms with Crippen LogP contribution in [0.4, 0.5) is 0 Å². The molecule has 0 aromatic carbocycles. The molecule has 0 saturated heterocycles. The molecular weight excluding hydrogens is 311 g/mol. The van der Waals surface area contributed by atoms with E-state index in [9.17, 15) is 9.90 Å². The molecule has 0 aromatic heterocycles. The van der Waals surface area contributed by atoms with Crippen molar-refractivity contribution >= 4 is 34.4 Å². The van der Waals surface area contributed by atoms with Crippen LogP contribution in [-0.2, 0) is 4.79 Å². The third kappa shape index (κ3) is 1.82. The number of aliphatic hydroxyl groups is 1. The largest absolute Gasteiger partial charge is 0.478 e. The summed E-state index contributed by atoms with van der Waals surface area (Å²) >= 11 is 2.08. The average molecular weight is 318 g/mol. The fourth-order valence-electron chi connectivity index (χ4n) is 1.31. The van der Waals surface area contributed by atoms with Crippen molar-refractivity contribution in [3.63, 3.8) is 0 Å². The number of rotatable bonds is 1. The van der Waals surface area contributed by atoms with E-state index in [0.717, 1.165) is 3.58 Å². The van der Waals surface area contributed by atoms with Crippen molar-refractivity contribution < 1.29 is 15.0 Å². The molecule has 0 radical (unpaired) electrons. The van der Waals surface area contributed by atoms with Gasteiger partial charge in [0.25, 0.3) is 0 Å². The minimum absolute atomic E-state index is 0.130. The highest BCUT2D eigenvalue weighted by Crippen LogP contribution is 2.23. The van der Waals surface area contributed by atoms with Gasteiger partial charge in [-0.1, -0.05) is 0 Å². The summed E-state index contributed by atoms with van der Waals surface area (Å²) in [6, 6.07) is 0. The van der Waals surface area contributed by atoms with Gasteiger partial charge in [0.2, 0.25) is 0 Å². The molecule has 0 bridgehead atoms. The smallest absolute Gasteiger partial charge is 0.337 e. The van der Waals surface area contributed by atoms with Crippen LogP contribution in [0.25, 0.3) is 0 Å². The number of allylic oxidation sites excluding steroid dienone is 2. The summed E-state index contributed by atoms with van der Waals surface area (Å²) in [6.07, 6.45) is 5.21. The maximum Gasteiger partial charge on any atom is 0.337 e. The molecule has 0 aliphatic carbocycles. The van der Waals surface area contributed by atoms with E-state index in [2.05, 4.69) is 27.6 Å². The number of aliphatic hydroxyl groups excluding tert-OH is 1. The van der Waals surface area contributed by atoms with Crippen molar-refractivity contribution in [2.75, 3.05) is 0 Å². The van der Waals surface area contributed by atoms with Crippen molar-refractivity contribution in [3.8, 4) is 0 Å². The van der Waals surface area contributed by atoms with Gasteiger partial charge in [-0.05, 0) is 34.7 Å². The average Bonchev–Trinajstić information content (AvgIpc) is 2.19. The molecule has 1 unspecified atom stereocenters. The lowest BCUT2D eigenvalue weighted by molar-refractivity contribution is -0.134. The topological polar surface area (TPSA) is 73.1 Å². The Morgan fingerprint density at radius 2 is 2.27 bits per heavy atom. The van der Waals surface area contributed by atoms with Crippen LogP contribution in [-0.4, -0.2) is 33.1 Å². The van der Waals surface area contributed by atoms with Crippen LogP contribution < -0.4 is 0 Å². The molecule has 0 saturated carbocycles. The number of halogens is 1. The zero-order valence-corrected chi connectivity index (χ0v) is 9.62. The summed E-state index contributed by atoms with van der Waals surface area (Å²) in [6.45, 7) is 0. The molecule has 2 aliphatic rings. The Bertz CT molecular complexity index is 437. The predicted molar refractivity (Wildman–Crippen MR) is 62.2 cm³/mol. The number of nitrogens with zero attached hydrogens (tertiary/aromatic N) is 2. The first-order chi connectivity index (χ1) is 7.09. The molecule has 1 atom stereocenters. The zero-order valence-electron chi connectivity index (χ0n) is 7.46. The second-order valence-corrected chi connectivity index (χ2v) is 4.25. The van der Waals surface area contributed by atoms with Crippen molar-refractivity contribution in [1.82, 2.24) is 4.90 Å². The standard InChI is InChI=1S/C9H7IN2O3/c10-5-1-2-7-11-3-6(9(14)15)8(13)12(7)4-5/h1-4,8,13H,(H,14,15). The monoisotopic (exact) mass is 318 g/mol. The van der Waals surface area contributed by atoms with E-state index < -0.39 is 12.2 Å². The molecule has 2 N–H and O–H groups in total. The molecule has 78 valence electrons. The molecule has 6 heteroatoms. The van der Waals surface area contributed by atoms with Gasteiger partial charge in [-0.2, -0.15) is 0 Å². The van der Waals surface area contributed by atoms with E-state index in [-0.39, 0.29) is 5.57 Å². The Morgan fingerprint density at radius 3 is 2.93 bits per heavy atom. The fraction of sp³-hybridized carbons (Fsp3) is 0.111. The minimum atomic E-state index is -1.18. The van der Waals surface area contributed by atoms with Gasteiger partial charge in [-0.3, -0.25) is 0 Å². The summed E-state index contributed by atoms with van der Waals surface area (Å²) in [5.41, 5.74) is -0.130.